The molecule has 0 saturated carbocycles. The smallest absolute Gasteiger partial charge is 0.169 e. The van der Waals surface area contributed by atoms with E-state index in [1.165, 1.54) is 7.11 Å². The van der Waals surface area contributed by atoms with E-state index in [-0.39, 0.29) is 18.1 Å². The maximum atomic E-state index is 13.6. The van der Waals surface area contributed by atoms with Crippen molar-refractivity contribution in [3.8, 4) is 5.75 Å². The molecular formula is C13H16F2O2. The molecule has 0 bridgehead atoms. The number of carbonyl (C=O) groups excluding carboxylic acids is 1. The van der Waals surface area contributed by atoms with E-state index in [1.807, 2.05) is 13.8 Å². The van der Waals surface area contributed by atoms with Crippen LogP contribution in [0.4, 0.5) is 8.78 Å². The van der Waals surface area contributed by atoms with E-state index in [9.17, 15) is 13.6 Å². The maximum absolute atomic E-state index is 13.6. The SMILES string of the molecule is CCC(C)CC(=O)c1c(F)cc(OC)cc1F. The van der Waals surface area contributed by atoms with Gasteiger partial charge in [-0.05, 0) is 5.92 Å². The zero-order valence-corrected chi connectivity index (χ0v) is 10.2. The van der Waals surface area contributed by atoms with Crippen molar-refractivity contribution in [2.75, 3.05) is 7.11 Å². The first kappa shape index (κ1) is 13.6. The molecule has 1 unspecified atom stereocenters. The summed E-state index contributed by atoms with van der Waals surface area (Å²) in [6.07, 6.45) is 0.946. The Hall–Kier alpha value is -1.45. The molecule has 0 aromatic heterocycles. The second-order valence-corrected chi connectivity index (χ2v) is 4.11. The van der Waals surface area contributed by atoms with Crippen molar-refractivity contribution in [1.29, 1.82) is 0 Å². The van der Waals surface area contributed by atoms with Crippen LogP contribution in [-0.2, 0) is 0 Å². The van der Waals surface area contributed by atoms with Crippen LogP contribution in [0.1, 0.15) is 37.0 Å². The first-order valence-electron chi connectivity index (χ1n) is 5.55. The van der Waals surface area contributed by atoms with Crippen LogP contribution >= 0.6 is 0 Å². The molecule has 0 radical (unpaired) electrons. The summed E-state index contributed by atoms with van der Waals surface area (Å²) in [5, 5.41) is 0. The van der Waals surface area contributed by atoms with Crippen LogP contribution in [0.2, 0.25) is 0 Å². The van der Waals surface area contributed by atoms with Crippen LogP contribution in [0.25, 0.3) is 0 Å². The van der Waals surface area contributed by atoms with E-state index in [2.05, 4.69) is 0 Å². The van der Waals surface area contributed by atoms with Gasteiger partial charge in [0.25, 0.3) is 0 Å². The van der Waals surface area contributed by atoms with Gasteiger partial charge in [-0.3, -0.25) is 4.79 Å². The van der Waals surface area contributed by atoms with Crippen molar-refractivity contribution >= 4 is 5.78 Å². The number of ether oxygens (including phenoxy) is 1. The van der Waals surface area contributed by atoms with Crippen molar-refractivity contribution in [1.82, 2.24) is 0 Å². The number of hydrogen-bond donors (Lipinski definition) is 0. The third-order valence-electron chi connectivity index (χ3n) is 2.76. The van der Waals surface area contributed by atoms with E-state index in [1.54, 1.807) is 0 Å². The van der Waals surface area contributed by atoms with Crippen LogP contribution in [-0.4, -0.2) is 12.9 Å². The Balaban J connectivity index is 3.02. The zero-order valence-electron chi connectivity index (χ0n) is 10.2. The second kappa shape index (κ2) is 5.75. The Kier molecular flexibility index (Phi) is 4.61. The molecule has 1 atom stereocenters. The molecule has 1 aromatic carbocycles. The van der Waals surface area contributed by atoms with Gasteiger partial charge in [0.2, 0.25) is 0 Å². The molecule has 0 aliphatic heterocycles. The lowest BCUT2D eigenvalue weighted by Gasteiger charge is -2.09. The number of rotatable bonds is 5. The monoisotopic (exact) mass is 242 g/mol. The number of methoxy groups -OCH3 is 1. The summed E-state index contributed by atoms with van der Waals surface area (Å²) in [6.45, 7) is 3.80. The van der Waals surface area contributed by atoms with Crippen molar-refractivity contribution in [3.05, 3.63) is 29.3 Å². The molecule has 0 N–H and O–H groups in total. The predicted octanol–water partition coefficient (Wildman–Crippen LogP) is 3.59. The number of Topliss-reactive ketones (excluding diaryl/α,β-unsaturated/α-hetero) is 1. The third-order valence-corrected chi connectivity index (χ3v) is 2.76. The maximum Gasteiger partial charge on any atom is 0.169 e. The van der Waals surface area contributed by atoms with Crippen molar-refractivity contribution in [2.45, 2.75) is 26.7 Å². The number of halogens is 2. The molecule has 17 heavy (non-hydrogen) atoms. The largest absolute Gasteiger partial charge is 0.497 e. The van der Waals surface area contributed by atoms with Crippen molar-refractivity contribution in [2.24, 2.45) is 5.92 Å². The first-order valence-corrected chi connectivity index (χ1v) is 5.55. The molecule has 0 aliphatic rings. The van der Waals surface area contributed by atoms with Gasteiger partial charge in [0, 0.05) is 18.6 Å². The lowest BCUT2D eigenvalue weighted by molar-refractivity contribution is 0.0955. The Morgan fingerprint density at radius 1 is 1.35 bits per heavy atom. The number of hydrogen-bond acceptors (Lipinski definition) is 2. The molecule has 2 nitrogen and oxygen atoms in total. The van der Waals surface area contributed by atoms with Gasteiger partial charge in [0.05, 0.1) is 12.7 Å². The van der Waals surface area contributed by atoms with Crippen LogP contribution < -0.4 is 4.74 Å². The summed E-state index contributed by atoms with van der Waals surface area (Å²) in [6, 6.07) is 2.04. The fourth-order valence-corrected chi connectivity index (χ4v) is 1.50. The first-order chi connectivity index (χ1) is 7.99. The van der Waals surface area contributed by atoms with E-state index >= 15 is 0 Å². The second-order valence-electron chi connectivity index (χ2n) is 4.11. The van der Waals surface area contributed by atoms with Crippen molar-refractivity contribution in [3.63, 3.8) is 0 Å². The van der Waals surface area contributed by atoms with Gasteiger partial charge in [-0.2, -0.15) is 0 Å². The number of benzene rings is 1. The van der Waals surface area contributed by atoms with Gasteiger partial charge >= 0.3 is 0 Å². The molecule has 1 rings (SSSR count). The minimum Gasteiger partial charge on any atom is -0.497 e. The van der Waals surface area contributed by atoms with Crippen LogP contribution in [0.3, 0.4) is 0 Å². The fourth-order valence-electron chi connectivity index (χ4n) is 1.50. The topological polar surface area (TPSA) is 26.3 Å². The number of carbonyl (C=O) groups is 1. The van der Waals surface area contributed by atoms with Gasteiger partial charge in [-0.15, -0.1) is 0 Å². The quantitative estimate of drug-likeness (QED) is 0.737. The highest BCUT2D eigenvalue weighted by Crippen LogP contribution is 2.23. The van der Waals surface area contributed by atoms with E-state index < -0.39 is 23.0 Å². The summed E-state index contributed by atoms with van der Waals surface area (Å²) < 4.78 is 31.8. The third kappa shape index (κ3) is 3.25. The molecule has 0 amide bonds. The molecule has 0 spiro atoms. The Morgan fingerprint density at radius 3 is 2.29 bits per heavy atom. The predicted molar refractivity (Wildman–Crippen MR) is 61.3 cm³/mol. The standard InChI is InChI=1S/C13H16F2O2/c1-4-8(2)5-12(16)13-10(14)6-9(17-3)7-11(13)15/h6-8H,4-5H2,1-3H3. The molecule has 1 aromatic rings. The van der Waals surface area contributed by atoms with E-state index in [0.29, 0.717) is 0 Å². The van der Waals surface area contributed by atoms with Gasteiger partial charge in [-0.1, -0.05) is 20.3 Å². The molecule has 4 heteroatoms. The zero-order chi connectivity index (χ0) is 13.0. The molecular weight excluding hydrogens is 226 g/mol. The molecule has 94 valence electrons. The Morgan fingerprint density at radius 2 is 1.88 bits per heavy atom. The lowest BCUT2D eigenvalue weighted by atomic mass is 9.97. The highest BCUT2D eigenvalue weighted by atomic mass is 19.1. The molecule has 0 aliphatic carbocycles. The summed E-state index contributed by atoms with van der Waals surface area (Å²) in [5.41, 5.74) is -0.467. The summed E-state index contributed by atoms with van der Waals surface area (Å²) >= 11 is 0. The average molecular weight is 242 g/mol. The molecule has 0 heterocycles. The highest BCUT2D eigenvalue weighted by molar-refractivity contribution is 5.96. The van der Waals surface area contributed by atoms with Crippen LogP contribution in [0, 0.1) is 17.6 Å². The fraction of sp³-hybridized carbons (Fsp3) is 0.462. The normalized spacial score (nSPS) is 12.3. The highest BCUT2D eigenvalue weighted by Gasteiger charge is 2.20. The van der Waals surface area contributed by atoms with Crippen molar-refractivity contribution < 1.29 is 18.3 Å². The Labute approximate surface area is 99.6 Å². The number of ketones is 1. The van der Waals surface area contributed by atoms with Gasteiger partial charge in [0.1, 0.15) is 17.4 Å². The lowest BCUT2D eigenvalue weighted by Crippen LogP contribution is -2.10. The summed E-state index contributed by atoms with van der Waals surface area (Å²) in [7, 11) is 1.31. The van der Waals surface area contributed by atoms with Gasteiger partial charge in [-0.25, -0.2) is 8.78 Å². The summed E-state index contributed by atoms with van der Waals surface area (Å²) in [4.78, 5) is 11.7. The van der Waals surface area contributed by atoms with E-state index in [4.69, 9.17) is 4.74 Å². The Bertz CT molecular complexity index is 393. The average Bonchev–Trinajstić information content (AvgIpc) is 2.27. The molecule has 0 saturated heterocycles. The van der Waals surface area contributed by atoms with E-state index in [0.717, 1.165) is 18.6 Å². The molecule has 0 fully saturated rings. The van der Waals surface area contributed by atoms with Crippen LogP contribution in [0.5, 0.6) is 5.75 Å². The summed E-state index contributed by atoms with van der Waals surface area (Å²) in [5.74, 6) is -2.05. The minimum atomic E-state index is -0.866. The minimum absolute atomic E-state index is 0.0695. The van der Waals surface area contributed by atoms with Gasteiger partial charge in [0.15, 0.2) is 5.78 Å². The van der Waals surface area contributed by atoms with Gasteiger partial charge < -0.3 is 4.74 Å². The van der Waals surface area contributed by atoms with Crippen LogP contribution in [0.15, 0.2) is 12.1 Å².